The molecule has 2 N–H and O–H groups in total. The van der Waals surface area contributed by atoms with Gasteiger partial charge in [0, 0.05) is 5.56 Å². The first kappa shape index (κ1) is 12.4. The Morgan fingerprint density at radius 1 is 0.938 bits per heavy atom. The van der Waals surface area contributed by atoms with Crippen molar-refractivity contribution in [1.82, 2.24) is 0 Å². The van der Waals surface area contributed by atoms with E-state index in [4.69, 9.17) is 5.84 Å². The zero-order chi connectivity index (χ0) is 12.5. The van der Waals surface area contributed by atoms with Gasteiger partial charge in [-0.3, -0.25) is 4.79 Å². The molecule has 0 amide bonds. The Morgan fingerprint density at radius 3 is 1.69 bits per heavy atom. The van der Waals surface area contributed by atoms with E-state index >= 15 is 0 Å². The van der Waals surface area contributed by atoms with Crippen LogP contribution in [0.4, 0.5) is 0 Å². The minimum Gasteiger partial charge on any atom is -0.323 e. The van der Waals surface area contributed by atoms with E-state index in [-0.39, 0.29) is 5.78 Å². The normalized spacial score (nSPS) is 11.1. The third-order valence-electron chi connectivity index (χ3n) is 3.44. The Hall–Kier alpha value is -1.64. The fraction of sp³-hybridized carbons (Fsp3) is 0.385. The molecule has 0 saturated heterocycles. The van der Waals surface area contributed by atoms with Crippen LogP contribution in [0.1, 0.15) is 38.2 Å². The van der Waals surface area contributed by atoms with Crippen molar-refractivity contribution in [3.05, 3.63) is 33.4 Å². The van der Waals surface area contributed by atoms with Crippen LogP contribution in [0.5, 0.6) is 0 Å². The van der Waals surface area contributed by atoms with Crippen LogP contribution in [0, 0.1) is 34.6 Å². The lowest BCUT2D eigenvalue weighted by molar-refractivity contribution is 0.106. The number of hydrogen-bond acceptors (Lipinski definition) is 3. The van der Waals surface area contributed by atoms with Crippen LogP contribution >= 0.6 is 0 Å². The van der Waals surface area contributed by atoms with Crippen molar-refractivity contribution in [2.24, 2.45) is 10.9 Å². The maximum absolute atomic E-state index is 11.9. The van der Waals surface area contributed by atoms with Crippen molar-refractivity contribution in [1.29, 1.82) is 0 Å². The molecule has 16 heavy (non-hydrogen) atoms. The molecule has 0 atom stereocenters. The predicted octanol–water partition coefficient (Wildman–Crippen LogP) is 2.36. The van der Waals surface area contributed by atoms with Gasteiger partial charge in [-0.25, -0.2) is 0 Å². The highest BCUT2D eigenvalue weighted by Gasteiger charge is 2.16. The van der Waals surface area contributed by atoms with E-state index in [9.17, 15) is 4.79 Å². The summed E-state index contributed by atoms with van der Waals surface area (Å²) in [5, 5.41) is 3.30. The maximum Gasteiger partial charge on any atom is 0.206 e. The number of hydrogen-bond donors (Lipinski definition) is 1. The van der Waals surface area contributed by atoms with Gasteiger partial charge in [-0.2, -0.15) is 5.10 Å². The van der Waals surface area contributed by atoms with E-state index in [1.807, 2.05) is 27.7 Å². The highest BCUT2D eigenvalue weighted by atomic mass is 16.1. The Kier molecular flexibility index (Phi) is 3.48. The summed E-state index contributed by atoms with van der Waals surface area (Å²) < 4.78 is 0. The standard InChI is InChI=1S/C13H18N2O/c1-7-8(2)10(4)13(11(5)9(7)3)12(16)6-15-14/h6H,14H2,1-5H3/b15-6+. The lowest BCUT2D eigenvalue weighted by atomic mass is 9.88. The molecule has 1 aromatic carbocycles. The van der Waals surface area contributed by atoms with E-state index in [1.165, 1.54) is 11.8 Å². The van der Waals surface area contributed by atoms with Gasteiger partial charge in [0.25, 0.3) is 0 Å². The van der Waals surface area contributed by atoms with E-state index in [0.29, 0.717) is 0 Å². The number of benzene rings is 1. The fourth-order valence-electron chi connectivity index (χ4n) is 2.00. The molecule has 1 aromatic rings. The van der Waals surface area contributed by atoms with Crippen molar-refractivity contribution in [2.45, 2.75) is 34.6 Å². The molecular formula is C13H18N2O. The third-order valence-corrected chi connectivity index (χ3v) is 3.44. The van der Waals surface area contributed by atoms with Gasteiger partial charge < -0.3 is 5.84 Å². The van der Waals surface area contributed by atoms with Crippen LogP contribution in [0.25, 0.3) is 0 Å². The number of carbonyl (C=O) groups is 1. The van der Waals surface area contributed by atoms with Crippen molar-refractivity contribution in [3.63, 3.8) is 0 Å². The summed E-state index contributed by atoms with van der Waals surface area (Å²) in [5.41, 5.74) is 6.34. The highest BCUT2D eigenvalue weighted by molar-refractivity contribution is 6.36. The molecule has 0 aliphatic carbocycles. The Labute approximate surface area is 96.4 Å². The van der Waals surface area contributed by atoms with Crippen LogP contribution < -0.4 is 5.84 Å². The number of nitrogens with zero attached hydrogens (tertiary/aromatic N) is 1. The van der Waals surface area contributed by atoms with Crippen LogP contribution in [0.15, 0.2) is 5.10 Å². The third kappa shape index (κ3) is 1.85. The van der Waals surface area contributed by atoms with Crippen molar-refractivity contribution in [3.8, 4) is 0 Å². The molecule has 3 heteroatoms. The fourth-order valence-corrected chi connectivity index (χ4v) is 2.00. The molecule has 0 aliphatic rings. The Balaban J connectivity index is 3.58. The summed E-state index contributed by atoms with van der Waals surface area (Å²) in [4.78, 5) is 11.9. The summed E-state index contributed by atoms with van der Waals surface area (Å²) in [6, 6.07) is 0. The van der Waals surface area contributed by atoms with E-state index in [2.05, 4.69) is 12.0 Å². The van der Waals surface area contributed by atoms with Crippen LogP contribution in [-0.4, -0.2) is 12.0 Å². The molecule has 0 unspecified atom stereocenters. The summed E-state index contributed by atoms with van der Waals surface area (Å²) in [7, 11) is 0. The molecule has 0 spiro atoms. The summed E-state index contributed by atoms with van der Waals surface area (Å²) in [6.07, 6.45) is 1.17. The molecule has 0 aliphatic heterocycles. The minimum atomic E-state index is -0.122. The zero-order valence-corrected chi connectivity index (χ0v) is 10.5. The van der Waals surface area contributed by atoms with Crippen LogP contribution in [0.3, 0.4) is 0 Å². The van der Waals surface area contributed by atoms with E-state index < -0.39 is 0 Å². The molecule has 0 bridgehead atoms. The van der Waals surface area contributed by atoms with E-state index in [1.54, 1.807) is 0 Å². The number of ketones is 1. The smallest absolute Gasteiger partial charge is 0.206 e. The second kappa shape index (κ2) is 4.47. The van der Waals surface area contributed by atoms with Crippen molar-refractivity contribution >= 4 is 12.0 Å². The average Bonchev–Trinajstić information content (AvgIpc) is 2.24. The molecule has 86 valence electrons. The van der Waals surface area contributed by atoms with Gasteiger partial charge in [-0.15, -0.1) is 0 Å². The SMILES string of the molecule is Cc1c(C)c(C)c(C(=O)/C=N/N)c(C)c1C. The summed E-state index contributed by atoms with van der Waals surface area (Å²) in [6.45, 7) is 10.1. The van der Waals surface area contributed by atoms with Gasteiger partial charge >= 0.3 is 0 Å². The number of carbonyl (C=O) groups excluding carboxylic acids is 1. The lowest BCUT2D eigenvalue weighted by Gasteiger charge is -2.16. The van der Waals surface area contributed by atoms with Crippen LogP contribution in [0.2, 0.25) is 0 Å². The molecule has 1 rings (SSSR count). The molecule has 0 saturated carbocycles. The topological polar surface area (TPSA) is 55.5 Å². The number of Topliss-reactive ketones (excluding diaryl/α,β-unsaturated/α-hetero) is 1. The Morgan fingerprint density at radius 2 is 1.31 bits per heavy atom. The van der Waals surface area contributed by atoms with Crippen molar-refractivity contribution < 1.29 is 4.79 Å². The van der Waals surface area contributed by atoms with Gasteiger partial charge in [-0.05, 0) is 62.4 Å². The lowest BCUT2D eigenvalue weighted by Crippen LogP contribution is -2.11. The molecule has 0 radical (unpaired) electrons. The van der Waals surface area contributed by atoms with E-state index in [0.717, 1.165) is 27.8 Å². The van der Waals surface area contributed by atoms with Gasteiger partial charge in [0.15, 0.2) is 0 Å². The average molecular weight is 218 g/mol. The Bertz CT molecular complexity index is 444. The van der Waals surface area contributed by atoms with Gasteiger partial charge in [0.1, 0.15) is 0 Å². The molecule has 3 nitrogen and oxygen atoms in total. The second-order valence-electron chi connectivity index (χ2n) is 4.14. The van der Waals surface area contributed by atoms with Crippen LogP contribution in [-0.2, 0) is 0 Å². The monoisotopic (exact) mass is 218 g/mol. The zero-order valence-electron chi connectivity index (χ0n) is 10.5. The highest BCUT2D eigenvalue weighted by Crippen LogP contribution is 2.25. The van der Waals surface area contributed by atoms with Gasteiger partial charge in [-0.1, -0.05) is 0 Å². The summed E-state index contributed by atoms with van der Waals surface area (Å²) in [5.74, 6) is 4.90. The largest absolute Gasteiger partial charge is 0.323 e. The summed E-state index contributed by atoms with van der Waals surface area (Å²) >= 11 is 0. The van der Waals surface area contributed by atoms with Crippen molar-refractivity contribution in [2.75, 3.05) is 0 Å². The number of nitrogens with two attached hydrogens (primary N) is 1. The van der Waals surface area contributed by atoms with Gasteiger partial charge in [0.05, 0.1) is 6.21 Å². The first-order valence-electron chi connectivity index (χ1n) is 5.26. The van der Waals surface area contributed by atoms with Gasteiger partial charge in [0.2, 0.25) is 5.78 Å². The molecule has 0 aromatic heterocycles. The second-order valence-corrected chi connectivity index (χ2v) is 4.14. The maximum atomic E-state index is 11.9. The number of rotatable bonds is 2. The first-order chi connectivity index (χ1) is 7.41. The number of hydrazone groups is 1. The molecular weight excluding hydrogens is 200 g/mol. The predicted molar refractivity (Wildman–Crippen MR) is 67.1 cm³/mol. The quantitative estimate of drug-likeness (QED) is 0.358. The minimum absolute atomic E-state index is 0.122. The molecule has 0 fully saturated rings. The molecule has 0 heterocycles. The first-order valence-corrected chi connectivity index (χ1v) is 5.26.